The van der Waals surface area contributed by atoms with Crippen molar-refractivity contribution >= 4 is 39.1 Å². The maximum atomic E-state index is 12.1. The second kappa shape index (κ2) is 5.73. The number of carbonyl (C=O) groups is 1. The van der Waals surface area contributed by atoms with Gasteiger partial charge in [-0.1, -0.05) is 17.7 Å². The summed E-state index contributed by atoms with van der Waals surface area (Å²) in [7, 11) is 0. The molecule has 2 aromatic rings. The Labute approximate surface area is 129 Å². The molecule has 0 aromatic heterocycles. The molecule has 2 aromatic carbocycles. The van der Waals surface area contributed by atoms with E-state index in [4.69, 9.17) is 11.6 Å². The highest BCUT2D eigenvalue weighted by atomic mass is 79.9. The highest BCUT2D eigenvalue weighted by Gasteiger charge is 2.15. The number of rotatable bonds is 2. The number of hydrogen-bond acceptors (Lipinski definition) is 3. The van der Waals surface area contributed by atoms with Gasteiger partial charge < -0.3 is 15.5 Å². The van der Waals surface area contributed by atoms with Gasteiger partial charge in [-0.25, -0.2) is 0 Å². The lowest BCUT2D eigenvalue weighted by Crippen LogP contribution is -2.12. The third-order valence-electron chi connectivity index (χ3n) is 2.76. The van der Waals surface area contributed by atoms with Crippen LogP contribution in [0.5, 0.6) is 11.5 Å². The number of carbonyl (C=O) groups excluding carboxylic acids is 1. The Kier molecular flexibility index (Phi) is 4.20. The summed E-state index contributed by atoms with van der Waals surface area (Å²) in [5, 5.41) is 22.2. The third-order valence-corrected chi connectivity index (χ3v) is 3.82. The van der Waals surface area contributed by atoms with Crippen LogP contribution in [0.2, 0.25) is 5.02 Å². The Bertz CT molecular complexity index is 688. The van der Waals surface area contributed by atoms with Crippen molar-refractivity contribution in [2.75, 3.05) is 5.32 Å². The van der Waals surface area contributed by atoms with Crippen LogP contribution in [0, 0.1) is 6.92 Å². The first-order chi connectivity index (χ1) is 9.40. The molecule has 0 unspecified atom stereocenters. The van der Waals surface area contributed by atoms with E-state index in [1.807, 2.05) is 6.92 Å². The molecule has 0 saturated heterocycles. The monoisotopic (exact) mass is 355 g/mol. The molecule has 0 saturated carbocycles. The summed E-state index contributed by atoms with van der Waals surface area (Å²) in [5.41, 5.74) is 1.33. The van der Waals surface area contributed by atoms with Gasteiger partial charge in [0.1, 0.15) is 0 Å². The molecule has 4 nitrogen and oxygen atoms in total. The lowest BCUT2D eigenvalue weighted by atomic mass is 10.1. The molecule has 6 heteroatoms. The molecule has 20 heavy (non-hydrogen) atoms. The van der Waals surface area contributed by atoms with Crippen molar-refractivity contribution in [3.05, 3.63) is 51.0 Å². The Hall–Kier alpha value is -1.72. The van der Waals surface area contributed by atoms with E-state index in [0.717, 1.165) is 5.56 Å². The van der Waals surface area contributed by atoms with E-state index in [1.54, 1.807) is 12.1 Å². The highest BCUT2D eigenvalue weighted by Crippen LogP contribution is 2.32. The molecule has 0 spiro atoms. The second-order valence-corrected chi connectivity index (χ2v) is 5.47. The minimum atomic E-state index is -0.543. The number of hydrogen-bond donors (Lipinski definition) is 3. The van der Waals surface area contributed by atoms with Gasteiger partial charge in [0.25, 0.3) is 5.91 Å². The van der Waals surface area contributed by atoms with Gasteiger partial charge >= 0.3 is 0 Å². The maximum Gasteiger partial charge on any atom is 0.259 e. The quantitative estimate of drug-likeness (QED) is 0.710. The zero-order valence-electron chi connectivity index (χ0n) is 10.4. The van der Waals surface area contributed by atoms with E-state index in [2.05, 4.69) is 21.2 Å². The fourth-order valence-electron chi connectivity index (χ4n) is 1.65. The first-order valence-electron chi connectivity index (χ1n) is 5.68. The molecule has 0 fully saturated rings. The van der Waals surface area contributed by atoms with E-state index in [-0.39, 0.29) is 11.3 Å². The zero-order chi connectivity index (χ0) is 14.9. The molecule has 104 valence electrons. The van der Waals surface area contributed by atoms with Gasteiger partial charge in [0.15, 0.2) is 11.5 Å². The second-order valence-electron chi connectivity index (χ2n) is 4.21. The van der Waals surface area contributed by atoms with Gasteiger partial charge in [0, 0.05) is 9.50 Å². The van der Waals surface area contributed by atoms with Crippen LogP contribution in [-0.4, -0.2) is 16.1 Å². The van der Waals surface area contributed by atoms with Crippen molar-refractivity contribution < 1.29 is 15.0 Å². The molecule has 0 aliphatic carbocycles. The number of anilines is 1. The Morgan fingerprint density at radius 2 is 2.00 bits per heavy atom. The van der Waals surface area contributed by atoms with Crippen LogP contribution in [0.1, 0.15) is 15.9 Å². The minimum Gasteiger partial charge on any atom is -0.504 e. The van der Waals surface area contributed by atoms with Gasteiger partial charge in [-0.15, -0.1) is 0 Å². The van der Waals surface area contributed by atoms with Gasteiger partial charge in [-0.3, -0.25) is 4.79 Å². The van der Waals surface area contributed by atoms with Crippen molar-refractivity contribution in [3.63, 3.8) is 0 Å². The van der Waals surface area contributed by atoms with E-state index in [9.17, 15) is 15.0 Å². The number of para-hydroxylation sites is 1. The lowest BCUT2D eigenvalue weighted by Gasteiger charge is -2.11. The normalized spacial score (nSPS) is 10.3. The first-order valence-corrected chi connectivity index (χ1v) is 6.85. The topological polar surface area (TPSA) is 69.6 Å². The molecule has 0 heterocycles. The predicted molar refractivity (Wildman–Crippen MR) is 81.6 cm³/mol. The summed E-state index contributed by atoms with van der Waals surface area (Å²) in [4.78, 5) is 12.1. The number of phenolic OH excluding ortho intramolecular Hbond substituents is 2. The molecule has 0 aliphatic rings. The molecular formula is C14H11BrClNO3. The SMILES string of the molecule is Cc1cc(Br)c(NC(=O)c2cccc(O)c2O)cc1Cl. The van der Waals surface area contributed by atoms with Crippen molar-refractivity contribution in [1.29, 1.82) is 0 Å². The van der Waals surface area contributed by atoms with E-state index < -0.39 is 11.7 Å². The Morgan fingerprint density at radius 3 is 2.70 bits per heavy atom. The minimum absolute atomic E-state index is 0.0198. The number of nitrogens with one attached hydrogen (secondary N) is 1. The number of aromatic hydroxyl groups is 2. The Morgan fingerprint density at radius 1 is 1.30 bits per heavy atom. The number of amides is 1. The van der Waals surface area contributed by atoms with E-state index in [0.29, 0.717) is 15.2 Å². The van der Waals surface area contributed by atoms with Crippen LogP contribution in [0.15, 0.2) is 34.8 Å². The van der Waals surface area contributed by atoms with Gasteiger partial charge in [0.2, 0.25) is 0 Å². The average Bonchev–Trinajstić information content (AvgIpc) is 2.39. The van der Waals surface area contributed by atoms with Crippen LogP contribution in [0.4, 0.5) is 5.69 Å². The smallest absolute Gasteiger partial charge is 0.259 e. The van der Waals surface area contributed by atoms with E-state index in [1.165, 1.54) is 18.2 Å². The predicted octanol–water partition coefficient (Wildman–Crippen LogP) is 4.07. The molecule has 1 amide bonds. The maximum absolute atomic E-state index is 12.1. The number of halogens is 2. The van der Waals surface area contributed by atoms with Crippen LogP contribution in [-0.2, 0) is 0 Å². The zero-order valence-corrected chi connectivity index (χ0v) is 12.8. The van der Waals surface area contributed by atoms with Crippen LogP contribution in [0.25, 0.3) is 0 Å². The van der Waals surface area contributed by atoms with Crippen molar-refractivity contribution in [2.24, 2.45) is 0 Å². The summed E-state index contributed by atoms with van der Waals surface area (Å²) < 4.78 is 0.674. The van der Waals surface area contributed by atoms with Crippen molar-refractivity contribution in [3.8, 4) is 11.5 Å². The summed E-state index contributed by atoms with van der Waals surface area (Å²) in [6.45, 7) is 1.85. The molecule has 0 radical (unpaired) electrons. The summed E-state index contributed by atoms with van der Waals surface area (Å²) in [6.07, 6.45) is 0. The largest absolute Gasteiger partial charge is 0.504 e. The number of aryl methyl sites for hydroxylation is 1. The fourth-order valence-corrected chi connectivity index (χ4v) is 2.37. The van der Waals surface area contributed by atoms with Crippen molar-refractivity contribution in [1.82, 2.24) is 0 Å². The summed E-state index contributed by atoms with van der Waals surface area (Å²) in [6, 6.07) is 7.57. The molecule has 0 bridgehead atoms. The van der Waals surface area contributed by atoms with Crippen molar-refractivity contribution in [2.45, 2.75) is 6.92 Å². The van der Waals surface area contributed by atoms with Crippen LogP contribution < -0.4 is 5.32 Å². The molecule has 0 aliphatic heterocycles. The average molecular weight is 357 g/mol. The Balaban J connectivity index is 2.33. The van der Waals surface area contributed by atoms with Gasteiger partial charge in [0.05, 0.1) is 11.3 Å². The molecule has 0 atom stereocenters. The number of phenols is 2. The highest BCUT2D eigenvalue weighted by molar-refractivity contribution is 9.10. The summed E-state index contributed by atoms with van der Waals surface area (Å²) >= 11 is 9.34. The van der Waals surface area contributed by atoms with Gasteiger partial charge in [-0.05, 0) is 52.7 Å². The molecule has 2 rings (SSSR count). The van der Waals surface area contributed by atoms with Crippen LogP contribution >= 0.6 is 27.5 Å². The number of benzene rings is 2. The lowest BCUT2D eigenvalue weighted by molar-refractivity contribution is 0.102. The van der Waals surface area contributed by atoms with Crippen LogP contribution in [0.3, 0.4) is 0 Å². The molecule has 3 N–H and O–H groups in total. The third kappa shape index (κ3) is 2.89. The first kappa shape index (κ1) is 14.7. The van der Waals surface area contributed by atoms with E-state index >= 15 is 0 Å². The standard InChI is InChI=1S/C14H11BrClNO3/c1-7-5-9(15)11(6-10(7)16)17-14(20)8-3-2-4-12(18)13(8)19/h2-6,18-19H,1H3,(H,17,20). The fraction of sp³-hybridized carbons (Fsp3) is 0.0714. The van der Waals surface area contributed by atoms with Gasteiger partial charge in [-0.2, -0.15) is 0 Å². The molecular weight excluding hydrogens is 346 g/mol. The summed E-state index contributed by atoms with van der Waals surface area (Å²) in [5.74, 6) is -1.35.